The van der Waals surface area contributed by atoms with Crippen molar-refractivity contribution in [1.82, 2.24) is 0 Å². The predicted octanol–water partition coefficient (Wildman–Crippen LogP) is 5.27. The highest BCUT2D eigenvalue weighted by Crippen LogP contribution is 2.32. The summed E-state index contributed by atoms with van der Waals surface area (Å²) in [6, 6.07) is 13.4. The molecule has 0 aromatic heterocycles. The van der Waals surface area contributed by atoms with E-state index in [1.54, 1.807) is 19.1 Å². The maximum absolute atomic E-state index is 12.5. The number of oxime groups is 1. The van der Waals surface area contributed by atoms with Gasteiger partial charge >= 0.3 is 0 Å². The maximum atomic E-state index is 12.5. The Morgan fingerprint density at radius 3 is 1.97 bits per heavy atom. The molecule has 0 spiro atoms. The Kier molecular flexibility index (Phi) is 8.16. The molecule has 0 bridgehead atoms. The van der Waals surface area contributed by atoms with Crippen molar-refractivity contribution in [3.63, 3.8) is 0 Å². The van der Waals surface area contributed by atoms with Crippen molar-refractivity contribution in [3.8, 4) is 0 Å². The number of hydrogen-bond donors (Lipinski definition) is 2. The van der Waals surface area contributed by atoms with E-state index in [0.717, 1.165) is 22.4 Å². The van der Waals surface area contributed by atoms with Crippen LogP contribution in [0.5, 0.6) is 0 Å². The Bertz CT molecular complexity index is 890. The van der Waals surface area contributed by atoms with Gasteiger partial charge in [-0.25, -0.2) is 0 Å². The van der Waals surface area contributed by atoms with Crippen LogP contribution in [-0.4, -0.2) is 24.1 Å². The molecule has 0 aliphatic heterocycles. The zero-order valence-corrected chi connectivity index (χ0v) is 18.6. The van der Waals surface area contributed by atoms with Crippen LogP contribution in [0.3, 0.4) is 0 Å². The summed E-state index contributed by atoms with van der Waals surface area (Å²) in [5, 5.41) is 9.77. The largest absolute Gasteiger partial charge is 0.385 e. The molecule has 0 heterocycles. The Morgan fingerprint density at radius 1 is 0.900 bits per heavy atom. The van der Waals surface area contributed by atoms with Crippen molar-refractivity contribution in [3.05, 3.63) is 59.2 Å². The van der Waals surface area contributed by atoms with Gasteiger partial charge in [0.05, 0.1) is 5.71 Å². The van der Waals surface area contributed by atoms with Crippen LogP contribution in [0.1, 0.15) is 70.1 Å². The van der Waals surface area contributed by atoms with E-state index in [4.69, 9.17) is 4.84 Å². The molecule has 2 aromatic rings. The number of rotatable bonds is 8. The topological polar surface area (TPSA) is 79.8 Å². The summed E-state index contributed by atoms with van der Waals surface area (Å²) in [6.07, 6.45) is 0. The van der Waals surface area contributed by atoms with E-state index >= 15 is 0 Å². The lowest BCUT2D eigenvalue weighted by molar-refractivity contribution is -0.120. The van der Waals surface area contributed by atoms with Crippen LogP contribution in [-0.2, 0) is 14.4 Å². The second-order valence-electron chi connectivity index (χ2n) is 7.88. The molecule has 2 aromatic carbocycles. The SMILES string of the molecule is CC(=O)Nc1ccc(/C(C)=N/OCC(=O)Nc2c(C(C)C)cccc2C(C)C)cc1. The zero-order chi connectivity index (χ0) is 22.3. The summed E-state index contributed by atoms with van der Waals surface area (Å²) >= 11 is 0. The lowest BCUT2D eigenvalue weighted by Gasteiger charge is -2.20. The second-order valence-corrected chi connectivity index (χ2v) is 7.88. The average molecular weight is 410 g/mol. The summed E-state index contributed by atoms with van der Waals surface area (Å²) in [6.45, 7) is 11.5. The number of carbonyl (C=O) groups is 2. The first-order valence-corrected chi connectivity index (χ1v) is 10.2. The van der Waals surface area contributed by atoms with E-state index in [0.29, 0.717) is 23.2 Å². The minimum absolute atomic E-state index is 0.123. The minimum atomic E-state index is -0.248. The van der Waals surface area contributed by atoms with Gasteiger partial charge in [0, 0.05) is 18.3 Å². The van der Waals surface area contributed by atoms with Crippen LogP contribution >= 0.6 is 0 Å². The van der Waals surface area contributed by atoms with E-state index in [9.17, 15) is 9.59 Å². The Morgan fingerprint density at radius 2 is 1.47 bits per heavy atom. The van der Waals surface area contributed by atoms with Crippen LogP contribution in [0.2, 0.25) is 0 Å². The number of nitrogens with zero attached hydrogens (tertiary/aromatic N) is 1. The van der Waals surface area contributed by atoms with Crippen molar-refractivity contribution >= 4 is 28.9 Å². The smallest absolute Gasteiger partial charge is 0.265 e. The molecular weight excluding hydrogens is 378 g/mol. The standard InChI is InChI=1S/C24H31N3O3/c1-15(2)21-8-7-9-22(16(3)4)24(21)26-23(29)14-30-27-17(5)19-10-12-20(13-11-19)25-18(6)28/h7-13,15-16H,14H2,1-6H3,(H,25,28)(H,26,29)/b27-17+. The fourth-order valence-electron chi connectivity index (χ4n) is 3.11. The summed E-state index contributed by atoms with van der Waals surface area (Å²) < 4.78 is 0. The first-order chi connectivity index (χ1) is 14.2. The third-order valence-corrected chi connectivity index (χ3v) is 4.66. The highest BCUT2D eigenvalue weighted by molar-refractivity contribution is 5.99. The van der Waals surface area contributed by atoms with E-state index in [1.807, 2.05) is 30.3 Å². The minimum Gasteiger partial charge on any atom is -0.385 e. The van der Waals surface area contributed by atoms with Crippen molar-refractivity contribution < 1.29 is 14.4 Å². The molecule has 0 saturated heterocycles. The molecule has 2 N–H and O–H groups in total. The van der Waals surface area contributed by atoms with Crippen molar-refractivity contribution in [2.45, 2.75) is 53.4 Å². The van der Waals surface area contributed by atoms with E-state index in [1.165, 1.54) is 6.92 Å². The summed E-state index contributed by atoms with van der Waals surface area (Å²) in [5.74, 6) is 0.214. The molecule has 0 atom stereocenters. The third-order valence-electron chi connectivity index (χ3n) is 4.66. The number of para-hydroxylation sites is 1. The lowest BCUT2D eigenvalue weighted by Crippen LogP contribution is -2.20. The van der Waals surface area contributed by atoms with Gasteiger partial charge in [-0.2, -0.15) is 0 Å². The van der Waals surface area contributed by atoms with Gasteiger partial charge in [0.1, 0.15) is 0 Å². The first kappa shape index (κ1) is 23.1. The number of hydrogen-bond acceptors (Lipinski definition) is 4. The van der Waals surface area contributed by atoms with Crippen molar-refractivity contribution in [1.29, 1.82) is 0 Å². The van der Waals surface area contributed by atoms with Crippen LogP contribution in [0.15, 0.2) is 47.6 Å². The number of amides is 2. The zero-order valence-electron chi connectivity index (χ0n) is 18.6. The van der Waals surface area contributed by atoms with E-state index in [-0.39, 0.29) is 18.4 Å². The van der Waals surface area contributed by atoms with Gasteiger partial charge < -0.3 is 15.5 Å². The molecule has 0 fully saturated rings. The molecule has 0 radical (unpaired) electrons. The Hall–Kier alpha value is -3.15. The van der Waals surface area contributed by atoms with Crippen LogP contribution in [0, 0.1) is 0 Å². The molecule has 30 heavy (non-hydrogen) atoms. The number of nitrogens with one attached hydrogen (secondary N) is 2. The van der Waals surface area contributed by atoms with E-state index < -0.39 is 0 Å². The Labute approximate surface area is 178 Å². The van der Waals surface area contributed by atoms with Crippen molar-refractivity contribution in [2.24, 2.45) is 5.16 Å². The number of benzene rings is 2. The fraction of sp³-hybridized carbons (Fsp3) is 0.375. The quantitative estimate of drug-likeness (QED) is 0.460. The fourth-order valence-corrected chi connectivity index (χ4v) is 3.11. The van der Waals surface area contributed by atoms with Gasteiger partial charge in [0.15, 0.2) is 6.61 Å². The van der Waals surface area contributed by atoms with Crippen molar-refractivity contribution in [2.75, 3.05) is 17.2 Å². The lowest BCUT2D eigenvalue weighted by atomic mass is 9.92. The second kappa shape index (κ2) is 10.6. The van der Waals surface area contributed by atoms with Gasteiger partial charge in [-0.05, 0) is 47.6 Å². The van der Waals surface area contributed by atoms with Gasteiger partial charge in [-0.1, -0.05) is 63.2 Å². The average Bonchev–Trinajstić information content (AvgIpc) is 2.67. The van der Waals surface area contributed by atoms with E-state index in [2.05, 4.69) is 43.5 Å². The molecule has 6 nitrogen and oxygen atoms in total. The van der Waals surface area contributed by atoms with Crippen LogP contribution in [0.25, 0.3) is 0 Å². The third kappa shape index (κ3) is 6.44. The highest BCUT2D eigenvalue weighted by Gasteiger charge is 2.16. The van der Waals surface area contributed by atoms with Gasteiger partial charge in [-0.3, -0.25) is 9.59 Å². The van der Waals surface area contributed by atoms with Gasteiger partial charge in [0.25, 0.3) is 5.91 Å². The van der Waals surface area contributed by atoms with Gasteiger partial charge in [0.2, 0.25) is 5.91 Å². The summed E-state index contributed by atoms with van der Waals surface area (Å²) in [4.78, 5) is 28.9. The highest BCUT2D eigenvalue weighted by atomic mass is 16.6. The normalized spacial score (nSPS) is 11.5. The molecule has 160 valence electrons. The van der Waals surface area contributed by atoms with Crippen LogP contribution in [0.4, 0.5) is 11.4 Å². The van der Waals surface area contributed by atoms with Crippen LogP contribution < -0.4 is 10.6 Å². The molecule has 0 saturated carbocycles. The number of anilines is 2. The molecule has 6 heteroatoms. The molecule has 0 aliphatic carbocycles. The Balaban J connectivity index is 2.02. The first-order valence-electron chi connectivity index (χ1n) is 10.2. The maximum Gasteiger partial charge on any atom is 0.265 e. The predicted molar refractivity (Wildman–Crippen MR) is 122 cm³/mol. The van der Waals surface area contributed by atoms with Gasteiger partial charge in [-0.15, -0.1) is 0 Å². The summed E-state index contributed by atoms with van der Waals surface area (Å²) in [7, 11) is 0. The molecule has 2 rings (SSSR count). The molecular formula is C24H31N3O3. The number of carbonyl (C=O) groups excluding carboxylic acids is 2. The molecule has 0 aliphatic rings. The monoisotopic (exact) mass is 409 g/mol. The molecule has 2 amide bonds. The summed E-state index contributed by atoms with van der Waals surface area (Å²) in [5.41, 5.74) is 5.27. The molecule has 0 unspecified atom stereocenters.